The van der Waals surface area contributed by atoms with Crippen LogP contribution in [0, 0.1) is 0 Å². The highest BCUT2D eigenvalue weighted by Gasteiger charge is 2.15. The predicted octanol–water partition coefficient (Wildman–Crippen LogP) is 1.62. The second-order valence-electron chi connectivity index (χ2n) is 3.31. The molecule has 0 atom stereocenters. The minimum Gasteiger partial charge on any atom is -0.493 e. The number of rotatable bonds is 3. The Kier molecular flexibility index (Phi) is 2.82. The molecule has 1 aromatic carbocycles. The number of hydrogen-bond donors (Lipinski definition) is 0. The van der Waals surface area contributed by atoms with Crippen molar-refractivity contribution in [2.24, 2.45) is 0 Å². The summed E-state index contributed by atoms with van der Waals surface area (Å²) in [6.45, 7) is 0. The van der Waals surface area contributed by atoms with Gasteiger partial charge in [-0.15, -0.1) is 0 Å². The fraction of sp³-hybridized carbons (Fsp3) is 0.167. The summed E-state index contributed by atoms with van der Waals surface area (Å²) in [4.78, 5) is 22.2. The van der Waals surface area contributed by atoms with Gasteiger partial charge >= 0.3 is 5.63 Å². The van der Waals surface area contributed by atoms with Crippen LogP contribution in [0.3, 0.4) is 0 Å². The predicted molar refractivity (Wildman–Crippen MR) is 61.0 cm³/mol. The molecule has 0 saturated heterocycles. The smallest absolute Gasteiger partial charge is 0.336 e. The van der Waals surface area contributed by atoms with Crippen molar-refractivity contribution < 1.29 is 18.7 Å². The van der Waals surface area contributed by atoms with E-state index in [1.807, 2.05) is 0 Å². The fourth-order valence-corrected chi connectivity index (χ4v) is 1.68. The van der Waals surface area contributed by atoms with Crippen LogP contribution in [-0.4, -0.2) is 20.5 Å². The van der Waals surface area contributed by atoms with Crippen molar-refractivity contribution in [3.63, 3.8) is 0 Å². The molecule has 0 radical (unpaired) electrons. The number of carbonyl (C=O) groups is 1. The van der Waals surface area contributed by atoms with E-state index in [1.165, 1.54) is 32.4 Å². The van der Waals surface area contributed by atoms with Gasteiger partial charge in [0, 0.05) is 17.5 Å². The Hall–Kier alpha value is -2.30. The van der Waals surface area contributed by atoms with Crippen molar-refractivity contribution in [3.8, 4) is 11.5 Å². The van der Waals surface area contributed by atoms with Gasteiger partial charge in [0.2, 0.25) is 0 Å². The zero-order valence-electron chi connectivity index (χ0n) is 9.35. The fourth-order valence-electron chi connectivity index (χ4n) is 1.68. The molecule has 0 aliphatic heterocycles. The minimum atomic E-state index is -0.485. The third-order valence-electron chi connectivity index (χ3n) is 2.42. The number of aldehydes is 1. The lowest BCUT2D eigenvalue weighted by Gasteiger charge is -2.11. The van der Waals surface area contributed by atoms with Crippen LogP contribution >= 0.6 is 0 Å². The highest BCUT2D eigenvalue weighted by Crippen LogP contribution is 2.35. The van der Waals surface area contributed by atoms with Crippen molar-refractivity contribution in [1.82, 2.24) is 0 Å². The number of fused-ring (bicyclic) bond motifs is 1. The van der Waals surface area contributed by atoms with Crippen molar-refractivity contribution in [1.29, 1.82) is 0 Å². The maximum atomic E-state index is 11.1. The molecule has 0 spiro atoms. The Morgan fingerprint density at radius 3 is 2.59 bits per heavy atom. The molecule has 0 N–H and O–H groups in total. The van der Waals surface area contributed by atoms with Crippen LogP contribution in [-0.2, 0) is 0 Å². The Labute approximate surface area is 96.6 Å². The Morgan fingerprint density at radius 2 is 2.00 bits per heavy atom. The molecule has 2 rings (SSSR count). The maximum absolute atomic E-state index is 11.1. The van der Waals surface area contributed by atoms with Gasteiger partial charge < -0.3 is 13.9 Å². The zero-order valence-corrected chi connectivity index (χ0v) is 9.35. The highest BCUT2D eigenvalue weighted by molar-refractivity contribution is 6.00. The van der Waals surface area contributed by atoms with Gasteiger partial charge in [0.1, 0.15) is 5.58 Å². The molecule has 17 heavy (non-hydrogen) atoms. The van der Waals surface area contributed by atoms with Gasteiger partial charge in [0.15, 0.2) is 17.8 Å². The maximum Gasteiger partial charge on any atom is 0.336 e. The van der Waals surface area contributed by atoms with E-state index in [9.17, 15) is 9.59 Å². The van der Waals surface area contributed by atoms with E-state index in [1.54, 1.807) is 0 Å². The summed E-state index contributed by atoms with van der Waals surface area (Å²) in [7, 11) is 2.88. The van der Waals surface area contributed by atoms with Crippen molar-refractivity contribution in [3.05, 3.63) is 34.2 Å². The quantitative estimate of drug-likeness (QED) is 0.596. The van der Waals surface area contributed by atoms with Gasteiger partial charge in [-0.3, -0.25) is 4.79 Å². The molecular formula is C12H10O5. The first-order valence-corrected chi connectivity index (χ1v) is 4.85. The van der Waals surface area contributed by atoms with Crippen LogP contribution in [0.4, 0.5) is 0 Å². The first kappa shape index (κ1) is 11.2. The summed E-state index contributed by atoms with van der Waals surface area (Å²) in [6, 6.07) is 4.29. The molecule has 0 fully saturated rings. The number of ether oxygens (including phenoxy) is 2. The summed E-state index contributed by atoms with van der Waals surface area (Å²) >= 11 is 0. The number of hydrogen-bond acceptors (Lipinski definition) is 5. The molecule has 0 unspecified atom stereocenters. The van der Waals surface area contributed by atoms with Gasteiger partial charge in [-0.25, -0.2) is 4.79 Å². The Bertz CT molecular complexity index is 627. The standard InChI is InChI=1S/C12H10O5/c1-15-10-5-9-7(3-4-11(14)17-9)8(6-13)12(10)16-2/h3-6H,1-2H3. The lowest BCUT2D eigenvalue weighted by molar-refractivity contribution is 0.112. The molecule has 0 aliphatic carbocycles. The van der Waals surface area contributed by atoms with E-state index in [-0.39, 0.29) is 5.58 Å². The summed E-state index contributed by atoms with van der Waals surface area (Å²) in [5.41, 5.74) is 0.101. The SMILES string of the molecule is COc1cc2oc(=O)ccc2c(C=O)c1OC. The Morgan fingerprint density at radius 1 is 1.24 bits per heavy atom. The molecule has 5 nitrogen and oxygen atoms in total. The van der Waals surface area contributed by atoms with Crippen LogP contribution in [0.2, 0.25) is 0 Å². The molecule has 0 bridgehead atoms. The minimum absolute atomic E-state index is 0.289. The number of benzene rings is 1. The summed E-state index contributed by atoms with van der Waals surface area (Å²) in [6.07, 6.45) is 0.643. The number of carbonyl (C=O) groups excluding carboxylic acids is 1. The normalized spacial score (nSPS) is 10.2. The molecule has 88 valence electrons. The zero-order chi connectivity index (χ0) is 12.4. The van der Waals surface area contributed by atoms with Crippen molar-refractivity contribution in [2.75, 3.05) is 14.2 Å². The van der Waals surface area contributed by atoms with E-state index in [0.717, 1.165) is 0 Å². The summed E-state index contributed by atoms with van der Waals surface area (Å²) < 4.78 is 15.2. The van der Waals surface area contributed by atoms with Crippen LogP contribution < -0.4 is 15.1 Å². The van der Waals surface area contributed by atoms with Crippen LogP contribution in [0.1, 0.15) is 10.4 Å². The van der Waals surface area contributed by atoms with Crippen molar-refractivity contribution in [2.45, 2.75) is 0 Å². The van der Waals surface area contributed by atoms with E-state index in [0.29, 0.717) is 28.7 Å². The average Bonchev–Trinajstić information content (AvgIpc) is 2.35. The molecule has 2 aromatic rings. The second kappa shape index (κ2) is 4.29. The highest BCUT2D eigenvalue weighted by atomic mass is 16.5. The van der Waals surface area contributed by atoms with Crippen molar-refractivity contribution >= 4 is 17.3 Å². The molecular weight excluding hydrogens is 224 g/mol. The monoisotopic (exact) mass is 234 g/mol. The second-order valence-corrected chi connectivity index (χ2v) is 3.31. The molecule has 0 aliphatic rings. The molecule has 0 amide bonds. The van der Waals surface area contributed by atoms with Gasteiger partial charge in [0.25, 0.3) is 0 Å². The first-order chi connectivity index (χ1) is 8.21. The number of methoxy groups -OCH3 is 2. The van der Waals surface area contributed by atoms with Gasteiger partial charge in [-0.1, -0.05) is 0 Å². The largest absolute Gasteiger partial charge is 0.493 e. The van der Waals surface area contributed by atoms with Gasteiger partial charge in [0.05, 0.1) is 19.8 Å². The van der Waals surface area contributed by atoms with E-state index in [2.05, 4.69) is 0 Å². The molecule has 5 heteroatoms. The third-order valence-corrected chi connectivity index (χ3v) is 2.42. The van der Waals surface area contributed by atoms with E-state index in [4.69, 9.17) is 13.9 Å². The molecule has 1 heterocycles. The summed E-state index contributed by atoms with van der Waals surface area (Å²) in [5.74, 6) is 0.667. The average molecular weight is 234 g/mol. The van der Waals surface area contributed by atoms with Crippen LogP contribution in [0.15, 0.2) is 27.4 Å². The van der Waals surface area contributed by atoms with E-state index < -0.39 is 5.63 Å². The topological polar surface area (TPSA) is 65.7 Å². The summed E-state index contributed by atoms with van der Waals surface area (Å²) in [5, 5.41) is 0.511. The van der Waals surface area contributed by atoms with Gasteiger partial charge in [-0.2, -0.15) is 0 Å². The lowest BCUT2D eigenvalue weighted by Crippen LogP contribution is -2.00. The molecule has 0 saturated carbocycles. The van der Waals surface area contributed by atoms with Gasteiger partial charge in [-0.05, 0) is 6.07 Å². The lowest BCUT2D eigenvalue weighted by atomic mass is 10.1. The van der Waals surface area contributed by atoms with Crippen LogP contribution in [0.5, 0.6) is 11.5 Å². The third kappa shape index (κ3) is 1.75. The van der Waals surface area contributed by atoms with E-state index >= 15 is 0 Å². The van der Waals surface area contributed by atoms with Crippen LogP contribution in [0.25, 0.3) is 11.0 Å². The molecule has 1 aromatic heterocycles. The Balaban J connectivity index is 2.93. The first-order valence-electron chi connectivity index (χ1n) is 4.85.